The van der Waals surface area contributed by atoms with E-state index in [-0.39, 0.29) is 40.6 Å². The van der Waals surface area contributed by atoms with Crippen LogP contribution in [-0.2, 0) is 4.79 Å². The Balaban J connectivity index is 1.19. The molecule has 5 rings (SSSR count). The Labute approximate surface area is 194 Å². The number of ether oxygens (including phenoxy) is 2. The maximum absolute atomic E-state index is 13.0. The second-order valence-electron chi connectivity index (χ2n) is 8.51. The number of piperidine rings is 1. The summed E-state index contributed by atoms with van der Waals surface area (Å²) in [5.41, 5.74) is 0.527. The molecule has 10 nitrogen and oxygen atoms in total. The number of nitrogens with zero attached hydrogens (tertiary/aromatic N) is 3. The molecule has 3 heterocycles. The van der Waals surface area contributed by atoms with Gasteiger partial charge in [0.1, 0.15) is 0 Å². The number of hydrogen-bond donors (Lipinski definition) is 2. The van der Waals surface area contributed by atoms with Gasteiger partial charge >= 0.3 is 0 Å². The van der Waals surface area contributed by atoms with Gasteiger partial charge in [0.25, 0.3) is 11.8 Å². The fourth-order valence-electron chi connectivity index (χ4n) is 4.46. The lowest BCUT2D eigenvalue weighted by molar-refractivity contribution is -0.127. The van der Waals surface area contributed by atoms with Crippen LogP contribution in [-0.4, -0.2) is 58.7 Å². The van der Waals surface area contributed by atoms with E-state index in [0.717, 1.165) is 49.9 Å². The van der Waals surface area contributed by atoms with Gasteiger partial charge < -0.3 is 25.0 Å². The van der Waals surface area contributed by atoms with E-state index < -0.39 is 5.91 Å². The Hall–Kier alpha value is -3.21. The van der Waals surface area contributed by atoms with Crippen molar-refractivity contribution >= 4 is 34.7 Å². The van der Waals surface area contributed by atoms with Crippen LogP contribution < -0.4 is 20.1 Å². The van der Waals surface area contributed by atoms with E-state index in [9.17, 15) is 14.4 Å². The zero-order valence-corrected chi connectivity index (χ0v) is 18.9. The van der Waals surface area contributed by atoms with Crippen molar-refractivity contribution in [2.45, 2.75) is 44.6 Å². The van der Waals surface area contributed by atoms with Crippen LogP contribution in [0.15, 0.2) is 18.2 Å². The topological polar surface area (TPSA) is 123 Å². The molecule has 3 aliphatic rings. The molecule has 0 bridgehead atoms. The number of amides is 3. The molecule has 2 aliphatic heterocycles. The monoisotopic (exact) mass is 471 g/mol. The molecule has 2 fully saturated rings. The summed E-state index contributed by atoms with van der Waals surface area (Å²) in [4.78, 5) is 39.8. The van der Waals surface area contributed by atoms with E-state index >= 15 is 0 Å². The van der Waals surface area contributed by atoms with Gasteiger partial charge in [-0.2, -0.15) is 0 Å². The smallest absolute Gasteiger partial charge is 0.286 e. The van der Waals surface area contributed by atoms with Crippen molar-refractivity contribution in [3.8, 4) is 11.5 Å². The second kappa shape index (κ2) is 9.34. The van der Waals surface area contributed by atoms with E-state index in [1.807, 2.05) is 0 Å². The molecule has 1 atom stereocenters. The summed E-state index contributed by atoms with van der Waals surface area (Å²) in [5, 5.41) is 13.9. The first-order chi connectivity index (χ1) is 16.1. The molecule has 1 aliphatic carbocycles. The number of rotatable bonds is 5. The Morgan fingerprint density at radius 3 is 2.64 bits per heavy atom. The first-order valence-electron chi connectivity index (χ1n) is 11.2. The summed E-state index contributed by atoms with van der Waals surface area (Å²) in [5.74, 6) is 0.224. The molecular weight excluding hydrogens is 446 g/mol. The highest BCUT2D eigenvalue weighted by Crippen LogP contribution is 2.34. The minimum absolute atomic E-state index is 0.0282. The quantitative estimate of drug-likeness (QED) is 0.687. The van der Waals surface area contributed by atoms with Gasteiger partial charge in [0, 0.05) is 30.9 Å². The molecule has 0 radical (unpaired) electrons. The van der Waals surface area contributed by atoms with Crippen LogP contribution in [0, 0.1) is 5.92 Å². The molecule has 2 N–H and O–H groups in total. The Bertz CT molecular complexity index is 1070. The fraction of sp³-hybridized carbons (Fsp3) is 0.500. The maximum Gasteiger partial charge on any atom is 0.286 e. The van der Waals surface area contributed by atoms with Crippen LogP contribution in [0.4, 0.5) is 5.69 Å². The molecule has 1 saturated heterocycles. The van der Waals surface area contributed by atoms with Gasteiger partial charge in [-0.15, -0.1) is 10.2 Å². The largest absolute Gasteiger partial charge is 0.454 e. The van der Waals surface area contributed by atoms with Crippen LogP contribution in [0.25, 0.3) is 0 Å². The van der Waals surface area contributed by atoms with E-state index in [0.29, 0.717) is 30.3 Å². The highest BCUT2D eigenvalue weighted by atomic mass is 32.1. The summed E-state index contributed by atoms with van der Waals surface area (Å²) in [6.45, 7) is 1.06. The van der Waals surface area contributed by atoms with Crippen molar-refractivity contribution in [3.05, 3.63) is 28.2 Å². The van der Waals surface area contributed by atoms with Gasteiger partial charge in [0.05, 0.1) is 5.92 Å². The number of aromatic nitrogens is 2. The van der Waals surface area contributed by atoms with E-state index in [2.05, 4.69) is 20.8 Å². The lowest BCUT2D eigenvalue weighted by atomic mass is 9.96. The molecule has 2 aromatic rings. The third-order valence-corrected chi connectivity index (χ3v) is 7.12. The number of nitrogens with one attached hydrogen (secondary N) is 2. The third-order valence-electron chi connectivity index (χ3n) is 6.21. The molecule has 0 spiro atoms. The number of benzene rings is 1. The number of carbonyl (C=O) groups excluding carboxylic acids is 3. The van der Waals surface area contributed by atoms with E-state index in [4.69, 9.17) is 9.47 Å². The average molecular weight is 472 g/mol. The SMILES string of the molecule is O=C(Nc1ccc2c(c1)OCO2)c1nnc(C(=O)N2CCC[C@@H](C(=O)NC3CCCC3)C2)s1. The number of likely N-dealkylation sites (tertiary alicyclic amines) is 1. The van der Waals surface area contributed by atoms with Crippen molar-refractivity contribution in [3.63, 3.8) is 0 Å². The third kappa shape index (κ3) is 4.77. The van der Waals surface area contributed by atoms with Crippen molar-refractivity contribution in [1.29, 1.82) is 0 Å². The molecule has 1 aromatic heterocycles. The average Bonchev–Trinajstić information content (AvgIpc) is 3.60. The molecule has 0 unspecified atom stereocenters. The minimum atomic E-state index is -0.460. The van der Waals surface area contributed by atoms with Crippen LogP contribution in [0.1, 0.15) is 58.1 Å². The van der Waals surface area contributed by atoms with Gasteiger partial charge in [0.15, 0.2) is 11.5 Å². The Morgan fingerprint density at radius 1 is 1.00 bits per heavy atom. The zero-order chi connectivity index (χ0) is 22.8. The van der Waals surface area contributed by atoms with Gasteiger partial charge in [-0.3, -0.25) is 14.4 Å². The Morgan fingerprint density at radius 2 is 1.79 bits per heavy atom. The van der Waals surface area contributed by atoms with Gasteiger partial charge in [-0.1, -0.05) is 24.2 Å². The number of carbonyl (C=O) groups is 3. The van der Waals surface area contributed by atoms with Gasteiger partial charge in [-0.05, 0) is 37.8 Å². The van der Waals surface area contributed by atoms with Crippen LogP contribution in [0.5, 0.6) is 11.5 Å². The number of hydrogen-bond acceptors (Lipinski definition) is 8. The van der Waals surface area contributed by atoms with Gasteiger partial charge in [-0.25, -0.2) is 0 Å². The summed E-state index contributed by atoms with van der Waals surface area (Å²) in [6, 6.07) is 5.33. The molecule has 1 saturated carbocycles. The summed E-state index contributed by atoms with van der Waals surface area (Å²) < 4.78 is 10.6. The summed E-state index contributed by atoms with van der Waals surface area (Å²) in [6.07, 6.45) is 5.89. The molecule has 174 valence electrons. The fourth-order valence-corrected chi connectivity index (χ4v) is 5.17. The molecular formula is C22H25N5O5S. The highest BCUT2D eigenvalue weighted by molar-refractivity contribution is 7.15. The maximum atomic E-state index is 13.0. The van der Waals surface area contributed by atoms with E-state index in [1.165, 1.54) is 0 Å². The normalized spacial score (nSPS) is 20.0. The molecule has 11 heteroatoms. The standard InChI is InChI=1S/C22H25N5O5S/c28-18(23-14-5-1-2-6-14)13-4-3-9-27(11-13)22(30)21-26-25-20(33-21)19(29)24-15-7-8-16-17(10-15)32-12-31-16/h7-8,10,13-14H,1-6,9,11-12H2,(H,23,28)(H,24,29)/t13-/m1/s1. The van der Waals surface area contributed by atoms with Gasteiger partial charge in [0.2, 0.25) is 22.7 Å². The Kier molecular flexibility index (Phi) is 6.12. The molecule has 3 amide bonds. The predicted octanol–water partition coefficient (Wildman–Crippen LogP) is 2.43. The van der Waals surface area contributed by atoms with Crippen LogP contribution in [0.2, 0.25) is 0 Å². The lowest BCUT2D eigenvalue weighted by Crippen LogP contribution is -2.47. The van der Waals surface area contributed by atoms with E-state index in [1.54, 1.807) is 23.1 Å². The first-order valence-corrected chi connectivity index (χ1v) is 12.0. The second-order valence-corrected chi connectivity index (χ2v) is 9.49. The highest BCUT2D eigenvalue weighted by Gasteiger charge is 2.32. The summed E-state index contributed by atoms with van der Waals surface area (Å²) >= 11 is 0.941. The van der Waals surface area contributed by atoms with Crippen molar-refractivity contribution in [2.75, 3.05) is 25.2 Å². The van der Waals surface area contributed by atoms with Crippen LogP contribution >= 0.6 is 11.3 Å². The number of anilines is 1. The zero-order valence-electron chi connectivity index (χ0n) is 18.0. The minimum Gasteiger partial charge on any atom is -0.454 e. The van der Waals surface area contributed by atoms with Crippen molar-refractivity contribution in [2.24, 2.45) is 5.92 Å². The summed E-state index contributed by atoms with van der Waals surface area (Å²) in [7, 11) is 0. The number of fused-ring (bicyclic) bond motifs is 1. The van der Waals surface area contributed by atoms with Crippen LogP contribution in [0.3, 0.4) is 0 Å². The lowest BCUT2D eigenvalue weighted by Gasteiger charge is -2.32. The predicted molar refractivity (Wildman–Crippen MR) is 119 cm³/mol. The van der Waals surface area contributed by atoms with Crippen molar-refractivity contribution in [1.82, 2.24) is 20.4 Å². The van der Waals surface area contributed by atoms with Crippen molar-refractivity contribution < 1.29 is 23.9 Å². The first kappa shape index (κ1) is 21.6. The molecule has 1 aromatic carbocycles. The molecule has 33 heavy (non-hydrogen) atoms.